The number of rotatable bonds is 4. The molecule has 0 heterocycles. The van der Waals surface area contributed by atoms with Gasteiger partial charge in [0.05, 0.1) is 4.92 Å². The summed E-state index contributed by atoms with van der Waals surface area (Å²) >= 11 is 0. The molecule has 0 aromatic heterocycles. The van der Waals surface area contributed by atoms with Crippen molar-refractivity contribution in [3.05, 3.63) is 40.1 Å². The number of nitrogens with one attached hydrogen (secondary N) is 1. The summed E-state index contributed by atoms with van der Waals surface area (Å²) in [6.07, 6.45) is 0.940. The second-order valence-electron chi connectivity index (χ2n) is 3.34. The Labute approximate surface area is 113 Å². The first-order valence-corrected chi connectivity index (χ1v) is 6.26. The number of nitrogens with zero attached hydrogens (tertiary/aromatic N) is 3. The van der Waals surface area contributed by atoms with E-state index in [1.807, 2.05) is 0 Å². The lowest BCUT2D eigenvalue weighted by Gasteiger charge is -2.04. The molecule has 10 heteroatoms. The Morgan fingerprint density at radius 2 is 2.00 bits per heavy atom. The number of nitro groups is 1. The molecule has 0 saturated carbocycles. The molecule has 9 nitrogen and oxygen atoms in total. The molecule has 20 heavy (non-hydrogen) atoms. The van der Waals surface area contributed by atoms with Crippen LogP contribution in [0.3, 0.4) is 0 Å². The topological polar surface area (TPSA) is 157 Å². The third kappa shape index (κ3) is 3.52. The molecule has 1 aromatic carbocycles. The molecule has 0 fully saturated rings. The summed E-state index contributed by atoms with van der Waals surface area (Å²) in [5, 5.41) is 30.2. The Morgan fingerprint density at radius 1 is 1.40 bits per heavy atom. The van der Waals surface area contributed by atoms with Crippen molar-refractivity contribution in [1.29, 1.82) is 10.5 Å². The van der Waals surface area contributed by atoms with Crippen molar-refractivity contribution in [2.45, 2.75) is 4.90 Å². The maximum Gasteiger partial charge on any atom is 0.294 e. The largest absolute Gasteiger partial charge is 0.354 e. The van der Waals surface area contributed by atoms with Crippen LogP contribution in [0.2, 0.25) is 0 Å². The van der Waals surface area contributed by atoms with Crippen LogP contribution in [0, 0.1) is 32.8 Å². The van der Waals surface area contributed by atoms with Crippen LogP contribution in [0.25, 0.3) is 0 Å². The summed E-state index contributed by atoms with van der Waals surface area (Å²) in [5.74, 6) is 0. The molecule has 2 N–H and O–H groups in total. The van der Waals surface area contributed by atoms with E-state index in [2.05, 4.69) is 5.32 Å². The van der Waals surface area contributed by atoms with Gasteiger partial charge in [0, 0.05) is 12.3 Å². The molecule has 1 rings (SSSR count). The molecule has 0 radical (unpaired) electrons. The van der Waals surface area contributed by atoms with Gasteiger partial charge in [-0.15, -0.1) is 0 Å². The van der Waals surface area contributed by atoms with Crippen LogP contribution < -0.4 is 5.32 Å². The number of anilines is 1. The van der Waals surface area contributed by atoms with Gasteiger partial charge in [0.15, 0.2) is 0 Å². The Hall–Kier alpha value is -2.95. The second-order valence-corrected chi connectivity index (χ2v) is 4.76. The fourth-order valence-electron chi connectivity index (χ4n) is 1.18. The number of benzene rings is 1. The van der Waals surface area contributed by atoms with E-state index in [0.717, 1.165) is 18.3 Å². The van der Waals surface area contributed by atoms with Crippen molar-refractivity contribution in [2.24, 2.45) is 0 Å². The van der Waals surface area contributed by atoms with E-state index in [-0.39, 0.29) is 11.3 Å². The highest BCUT2D eigenvalue weighted by Crippen LogP contribution is 2.27. The van der Waals surface area contributed by atoms with E-state index in [4.69, 9.17) is 15.1 Å². The van der Waals surface area contributed by atoms with Crippen LogP contribution in [0.4, 0.5) is 11.4 Å². The molecular weight excluding hydrogens is 288 g/mol. The van der Waals surface area contributed by atoms with E-state index >= 15 is 0 Å². The molecule has 0 bridgehead atoms. The highest BCUT2D eigenvalue weighted by molar-refractivity contribution is 7.85. The van der Waals surface area contributed by atoms with E-state index in [1.54, 1.807) is 0 Å². The van der Waals surface area contributed by atoms with Gasteiger partial charge in [0.25, 0.3) is 15.8 Å². The lowest BCUT2D eigenvalue weighted by atomic mass is 10.2. The minimum absolute atomic E-state index is 0.134. The Morgan fingerprint density at radius 3 is 2.45 bits per heavy atom. The molecule has 102 valence electrons. The first-order valence-electron chi connectivity index (χ1n) is 4.82. The third-order valence-electron chi connectivity index (χ3n) is 2.08. The Kier molecular flexibility index (Phi) is 4.38. The third-order valence-corrected chi connectivity index (χ3v) is 2.93. The van der Waals surface area contributed by atoms with Gasteiger partial charge in [0.2, 0.25) is 0 Å². The molecule has 0 aliphatic heterocycles. The minimum Gasteiger partial charge on any atom is -0.354 e. The predicted molar refractivity (Wildman–Crippen MR) is 65.8 cm³/mol. The summed E-state index contributed by atoms with van der Waals surface area (Å²) in [4.78, 5) is 9.31. The zero-order valence-electron chi connectivity index (χ0n) is 9.64. The van der Waals surface area contributed by atoms with Crippen molar-refractivity contribution < 1.29 is 17.9 Å². The Balaban J connectivity index is 3.30. The highest BCUT2D eigenvalue weighted by Gasteiger charge is 2.19. The van der Waals surface area contributed by atoms with E-state index in [9.17, 15) is 18.5 Å². The number of hydrogen-bond donors (Lipinski definition) is 2. The van der Waals surface area contributed by atoms with Gasteiger partial charge in [-0.25, -0.2) is 0 Å². The molecule has 0 amide bonds. The summed E-state index contributed by atoms with van der Waals surface area (Å²) in [7, 11) is -4.57. The predicted octanol–water partition coefficient (Wildman–Crippen LogP) is 1.18. The highest BCUT2D eigenvalue weighted by atomic mass is 32.2. The van der Waals surface area contributed by atoms with Gasteiger partial charge >= 0.3 is 0 Å². The van der Waals surface area contributed by atoms with Crippen molar-refractivity contribution in [1.82, 2.24) is 0 Å². The average Bonchev–Trinajstić information content (AvgIpc) is 2.38. The van der Waals surface area contributed by atoms with Crippen molar-refractivity contribution in [3.8, 4) is 12.1 Å². The zero-order valence-corrected chi connectivity index (χ0v) is 10.5. The quantitative estimate of drug-likeness (QED) is 0.362. The molecular formula is C10H6N4O5S. The lowest BCUT2D eigenvalue weighted by molar-refractivity contribution is -0.384. The van der Waals surface area contributed by atoms with E-state index in [1.165, 1.54) is 12.1 Å². The first-order chi connectivity index (χ1) is 9.29. The molecule has 0 unspecified atom stereocenters. The van der Waals surface area contributed by atoms with Gasteiger partial charge in [-0.05, 0) is 12.1 Å². The van der Waals surface area contributed by atoms with Gasteiger partial charge < -0.3 is 5.32 Å². The average molecular weight is 294 g/mol. The summed E-state index contributed by atoms with van der Waals surface area (Å²) < 4.78 is 30.6. The molecule has 0 spiro atoms. The smallest absolute Gasteiger partial charge is 0.294 e. The molecule has 0 aliphatic rings. The number of allylic oxidation sites excluding steroid dienone is 1. The number of nitriles is 2. The molecule has 0 aliphatic carbocycles. The minimum atomic E-state index is -4.57. The van der Waals surface area contributed by atoms with Crippen molar-refractivity contribution in [3.63, 3.8) is 0 Å². The summed E-state index contributed by atoms with van der Waals surface area (Å²) in [5.41, 5.74) is -1.09. The number of hydrogen-bond acceptors (Lipinski definition) is 7. The fraction of sp³-hybridized carbons (Fsp3) is 0. The maximum absolute atomic E-state index is 10.9. The van der Waals surface area contributed by atoms with Gasteiger partial charge in [-0.1, -0.05) is 0 Å². The first kappa shape index (κ1) is 15.1. The van der Waals surface area contributed by atoms with Crippen LogP contribution in [0.1, 0.15) is 0 Å². The molecule has 0 atom stereocenters. The van der Waals surface area contributed by atoms with Crippen molar-refractivity contribution >= 4 is 21.5 Å². The summed E-state index contributed by atoms with van der Waals surface area (Å²) in [6.45, 7) is 0. The maximum atomic E-state index is 10.9. The fourth-order valence-corrected chi connectivity index (χ4v) is 1.69. The van der Waals surface area contributed by atoms with E-state index < -0.39 is 25.6 Å². The Bertz CT molecular complexity index is 754. The summed E-state index contributed by atoms with van der Waals surface area (Å²) in [6, 6.07) is 5.71. The van der Waals surface area contributed by atoms with Gasteiger partial charge in [-0.3, -0.25) is 14.7 Å². The van der Waals surface area contributed by atoms with Crippen LogP contribution in [0.15, 0.2) is 34.9 Å². The van der Waals surface area contributed by atoms with Crippen LogP contribution in [0.5, 0.6) is 0 Å². The van der Waals surface area contributed by atoms with E-state index in [0.29, 0.717) is 6.07 Å². The standard InChI is InChI=1S/C10H6N4O5S/c11-4-7(5-12)6-13-9-2-1-8(20(17,18)19)3-10(9)14(15)16/h1-3,6,13H,(H,17,18,19). The monoisotopic (exact) mass is 294 g/mol. The normalized spacial score (nSPS) is 9.95. The second kappa shape index (κ2) is 5.79. The van der Waals surface area contributed by atoms with Crippen LogP contribution in [-0.2, 0) is 10.1 Å². The lowest BCUT2D eigenvalue weighted by Crippen LogP contribution is -2.02. The van der Waals surface area contributed by atoms with Crippen molar-refractivity contribution in [2.75, 3.05) is 5.32 Å². The van der Waals surface area contributed by atoms with Gasteiger partial charge in [0.1, 0.15) is 28.3 Å². The zero-order chi connectivity index (χ0) is 15.3. The van der Waals surface area contributed by atoms with Gasteiger partial charge in [-0.2, -0.15) is 18.9 Å². The molecule has 0 saturated heterocycles. The number of nitro benzene ring substituents is 1. The van der Waals surface area contributed by atoms with Crippen LogP contribution >= 0.6 is 0 Å². The SMILES string of the molecule is N#CC(C#N)=CNc1ccc(S(=O)(=O)O)cc1[N+](=O)[O-]. The molecule has 1 aromatic rings. The van der Waals surface area contributed by atoms with Crippen LogP contribution in [-0.4, -0.2) is 17.9 Å².